The molecule has 6 atom stereocenters. The monoisotopic (exact) mass is 569 g/mol. The van der Waals surface area contributed by atoms with Gasteiger partial charge in [0.05, 0.1) is 12.1 Å². The van der Waals surface area contributed by atoms with Crippen molar-refractivity contribution in [1.29, 1.82) is 0 Å². The van der Waals surface area contributed by atoms with Crippen LogP contribution in [-0.2, 0) is 15.0 Å². The van der Waals surface area contributed by atoms with Gasteiger partial charge in [0, 0.05) is 29.2 Å². The molecule has 2 amide bonds. The largest absolute Gasteiger partial charge is 0.393 e. The Labute approximate surface area is 241 Å². The SMILES string of the molecule is Cc1cc2c(cc1F)[C@]1(C(=O)N2)[C@@H](CC(C)(C)C)N[C@@H](C(=O)NCCC[C@@H]2CC[C@H](O)C2)[C@@H]1c1cccc(Cl)c1. The summed E-state index contributed by atoms with van der Waals surface area (Å²) >= 11 is 6.45. The number of hydrogen-bond donors (Lipinski definition) is 4. The Kier molecular flexibility index (Phi) is 8.03. The molecule has 4 N–H and O–H groups in total. The van der Waals surface area contributed by atoms with Crippen molar-refractivity contribution in [2.75, 3.05) is 11.9 Å². The number of hydrogen-bond acceptors (Lipinski definition) is 4. The van der Waals surface area contributed by atoms with E-state index in [-0.39, 0.29) is 29.2 Å². The molecule has 1 aliphatic carbocycles. The predicted molar refractivity (Wildman–Crippen MR) is 156 cm³/mol. The van der Waals surface area contributed by atoms with Crippen molar-refractivity contribution in [1.82, 2.24) is 10.6 Å². The quantitative estimate of drug-likeness (QED) is 0.327. The van der Waals surface area contributed by atoms with E-state index in [0.29, 0.717) is 40.7 Å². The van der Waals surface area contributed by atoms with E-state index in [1.54, 1.807) is 19.1 Å². The van der Waals surface area contributed by atoms with Crippen molar-refractivity contribution in [2.24, 2.45) is 11.3 Å². The molecule has 2 aliphatic heterocycles. The lowest BCUT2D eigenvalue weighted by atomic mass is 9.62. The fraction of sp³-hybridized carbons (Fsp3) is 0.562. The van der Waals surface area contributed by atoms with Gasteiger partial charge in [-0.05, 0) is 97.7 Å². The number of aryl methyl sites for hydroxylation is 1. The van der Waals surface area contributed by atoms with E-state index in [4.69, 9.17) is 11.6 Å². The lowest BCUT2D eigenvalue weighted by molar-refractivity contribution is -0.123. The zero-order valence-electron chi connectivity index (χ0n) is 23.8. The molecule has 2 aromatic carbocycles. The molecule has 6 nitrogen and oxygen atoms in total. The van der Waals surface area contributed by atoms with Crippen molar-refractivity contribution in [3.63, 3.8) is 0 Å². The molecule has 216 valence electrons. The number of aliphatic hydroxyl groups is 1. The van der Waals surface area contributed by atoms with Gasteiger partial charge in [-0.25, -0.2) is 4.39 Å². The van der Waals surface area contributed by atoms with Gasteiger partial charge in [-0.15, -0.1) is 0 Å². The average Bonchev–Trinajstić information content (AvgIpc) is 3.51. The number of aliphatic hydroxyl groups excluding tert-OH is 1. The molecular formula is C32H41ClFN3O3. The van der Waals surface area contributed by atoms with E-state index in [1.807, 2.05) is 18.2 Å². The third kappa shape index (κ3) is 5.40. The molecule has 1 saturated heterocycles. The van der Waals surface area contributed by atoms with Crippen LogP contribution in [0.15, 0.2) is 36.4 Å². The lowest BCUT2D eigenvalue weighted by Crippen LogP contribution is -2.49. The average molecular weight is 570 g/mol. The number of fused-ring (bicyclic) bond motifs is 2. The van der Waals surface area contributed by atoms with Crippen LogP contribution in [0.5, 0.6) is 0 Å². The molecule has 8 heteroatoms. The van der Waals surface area contributed by atoms with Gasteiger partial charge in [-0.1, -0.05) is 44.5 Å². The van der Waals surface area contributed by atoms with E-state index >= 15 is 4.39 Å². The van der Waals surface area contributed by atoms with Gasteiger partial charge in [-0.3, -0.25) is 9.59 Å². The van der Waals surface area contributed by atoms with E-state index in [2.05, 4.69) is 36.7 Å². The number of carbonyl (C=O) groups excluding carboxylic acids is 2. The summed E-state index contributed by atoms with van der Waals surface area (Å²) in [6.45, 7) is 8.51. The van der Waals surface area contributed by atoms with E-state index in [9.17, 15) is 14.7 Å². The highest BCUT2D eigenvalue weighted by Gasteiger charge is 2.65. The summed E-state index contributed by atoms with van der Waals surface area (Å²) in [6, 6.07) is 9.35. The van der Waals surface area contributed by atoms with Crippen LogP contribution in [0.25, 0.3) is 0 Å². The maximum atomic E-state index is 15.1. The van der Waals surface area contributed by atoms with Gasteiger partial charge in [0.2, 0.25) is 11.8 Å². The van der Waals surface area contributed by atoms with E-state index in [0.717, 1.165) is 37.7 Å². The number of anilines is 1. The Morgan fingerprint density at radius 2 is 2.00 bits per heavy atom. The van der Waals surface area contributed by atoms with Crippen LogP contribution in [-0.4, -0.2) is 41.7 Å². The van der Waals surface area contributed by atoms with Crippen LogP contribution < -0.4 is 16.0 Å². The molecule has 0 unspecified atom stereocenters. The fourth-order valence-electron chi connectivity index (χ4n) is 7.29. The molecule has 3 aliphatic rings. The standard InChI is InChI=1S/C32H41ClFN3O3/c1-18-13-25-23(16-24(18)34)32(30(40)36-25)26(17-31(2,3)4)37-28(27(32)20-8-5-9-21(33)15-20)29(39)35-12-6-7-19-10-11-22(38)14-19/h5,8-9,13,15-16,19,22,26-28,37-38H,6-7,10-12,14,17H2,1-4H3,(H,35,39)(H,36,40)/t19-,22+,26-,27+,28-,32+/m1/s1. The fourth-order valence-corrected chi connectivity index (χ4v) is 7.49. The normalized spacial score (nSPS) is 29.6. The number of benzene rings is 2. The van der Waals surface area contributed by atoms with Crippen molar-refractivity contribution < 1.29 is 19.1 Å². The Hall–Kier alpha value is -2.48. The van der Waals surface area contributed by atoms with Crippen LogP contribution >= 0.6 is 11.6 Å². The Morgan fingerprint density at radius 1 is 1.23 bits per heavy atom. The first-order valence-electron chi connectivity index (χ1n) is 14.5. The minimum Gasteiger partial charge on any atom is -0.393 e. The molecule has 1 spiro atoms. The molecule has 0 radical (unpaired) electrons. The Balaban J connectivity index is 1.53. The first kappa shape index (κ1) is 29.0. The van der Waals surface area contributed by atoms with Crippen molar-refractivity contribution in [2.45, 2.75) is 95.7 Å². The molecule has 40 heavy (non-hydrogen) atoms. The highest BCUT2D eigenvalue weighted by Crippen LogP contribution is 2.56. The molecular weight excluding hydrogens is 529 g/mol. The lowest BCUT2D eigenvalue weighted by Gasteiger charge is -2.37. The summed E-state index contributed by atoms with van der Waals surface area (Å²) in [5.74, 6) is -0.895. The summed E-state index contributed by atoms with van der Waals surface area (Å²) in [7, 11) is 0. The van der Waals surface area contributed by atoms with Crippen LogP contribution in [0.1, 0.15) is 81.9 Å². The number of nitrogens with one attached hydrogen (secondary N) is 3. The number of amides is 2. The highest BCUT2D eigenvalue weighted by molar-refractivity contribution is 6.30. The Bertz CT molecular complexity index is 1290. The van der Waals surface area contributed by atoms with Gasteiger partial charge in [0.15, 0.2) is 0 Å². The van der Waals surface area contributed by atoms with Crippen molar-refractivity contribution in [3.05, 3.63) is 63.9 Å². The second kappa shape index (κ2) is 11.1. The molecule has 5 rings (SSSR count). The first-order chi connectivity index (χ1) is 18.9. The van der Waals surface area contributed by atoms with Crippen LogP contribution in [0.3, 0.4) is 0 Å². The van der Waals surface area contributed by atoms with Gasteiger partial charge < -0.3 is 21.1 Å². The summed E-state index contributed by atoms with van der Waals surface area (Å²) in [4.78, 5) is 28.1. The second-order valence-corrected chi connectivity index (χ2v) is 13.7. The summed E-state index contributed by atoms with van der Waals surface area (Å²) in [5, 5.41) is 20.1. The molecule has 0 bridgehead atoms. The minimum atomic E-state index is -1.20. The summed E-state index contributed by atoms with van der Waals surface area (Å²) < 4.78 is 15.1. The van der Waals surface area contributed by atoms with Gasteiger partial charge in [-0.2, -0.15) is 0 Å². The second-order valence-electron chi connectivity index (χ2n) is 13.2. The molecule has 0 aromatic heterocycles. The topological polar surface area (TPSA) is 90.5 Å². The Morgan fingerprint density at radius 3 is 2.67 bits per heavy atom. The minimum absolute atomic E-state index is 0.174. The maximum Gasteiger partial charge on any atom is 0.237 e. The van der Waals surface area contributed by atoms with E-state index < -0.39 is 23.4 Å². The summed E-state index contributed by atoms with van der Waals surface area (Å²) in [5.41, 5.74) is 1.02. The first-order valence-corrected chi connectivity index (χ1v) is 14.9. The summed E-state index contributed by atoms with van der Waals surface area (Å²) in [6.07, 6.45) is 4.88. The van der Waals surface area contributed by atoms with Crippen molar-refractivity contribution in [3.8, 4) is 0 Å². The number of carbonyl (C=O) groups is 2. The molecule has 2 fully saturated rings. The van der Waals surface area contributed by atoms with Gasteiger partial charge >= 0.3 is 0 Å². The van der Waals surface area contributed by atoms with Gasteiger partial charge in [0.1, 0.15) is 11.2 Å². The van der Waals surface area contributed by atoms with Crippen LogP contribution in [0.2, 0.25) is 5.02 Å². The zero-order valence-corrected chi connectivity index (χ0v) is 24.6. The third-order valence-electron chi connectivity index (χ3n) is 9.03. The highest BCUT2D eigenvalue weighted by atomic mass is 35.5. The van der Waals surface area contributed by atoms with E-state index in [1.165, 1.54) is 6.07 Å². The molecule has 2 heterocycles. The zero-order chi connectivity index (χ0) is 28.8. The van der Waals surface area contributed by atoms with Crippen LogP contribution in [0, 0.1) is 24.1 Å². The van der Waals surface area contributed by atoms with Crippen LogP contribution in [0.4, 0.5) is 10.1 Å². The smallest absolute Gasteiger partial charge is 0.237 e. The number of halogens is 2. The number of rotatable bonds is 7. The maximum absolute atomic E-state index is 15.1. The van der Waals surface area contributed by atoms with Gasteiger partial charge in [0.25, 0.3) is 0 Å². The molecule has 2 aromatic rings. The predicted octanol–water partition coefficient (Wildman–Crippen LogP) is 5.60. The van der Waals surface area contributed by atoms with Crippen molar-refractivity contribution >= 4 is 29.1 Å². The molecule has 1 saturated carbocycles. The third-order valence-corrected chi connectivity index (χ3v) is 9.27.